The van der Waals surface area contributed by atoms with Crippen molar-refractivity contribution in [1.29, 1.82) is 0 Å². The van der Waals surface area contributed by atoms with Crippen molar-refractivity contribution < 1.29 is 0 Å². The Bertz CT molecular complexity index is 2120. The Balaban J connectivity index is 0.000000121. The summed E-state index contributed by atoms with van der Waals surface area (Å²) in [5.41, 5.74) is 20.0. The minimum atomic E-state index is 0. The van der Waals surface area contributed by atoms with Crippen molar-refractivity contribution in [1.82, 2.24) is 16.0 Å². The molecule has 0 spiro atoms. The highest BCUT2D eigenvalue weighted by molar-refractivity contribution is 5.85. The van der Waals surface area contributed by atoms with Crippen LogP contribution >= 0.6 is 12.4 Å². The third kappa shape index (κ3) is 7.40. The standard InChI is InChI=1S/3C20H23N.ClH/c3*1-21-14-6-12-20-13-11-15(16-7-2-4-9-18(16)20)17-8-3-5-10-19(17)20;/h3*2-5,7-10,15,21H,6,11-14H2,1H3;1H. The van der Waals surface area contributed by atoms with E-state index in [2.05, 4.69) is 183 Å². The van der Waals surface area contributed by atoms with E-state index in [0.717, 1.165) is 19.6 Å². The number of nitrogens with one attached hydrogen (secondary N) is 3. The molecule has 0 heterocycles. The molecule has 6 aromatic rings. The third-order valence-electron chi connectivity index (χ3n) is 16.8. The first-order valence-corrected chi connectivity index (χ1v) is 24.6. The van der Waals surface area contributed by atoms with Gasteiger partial charge in [-0.3, -0.25) is 0 Å². The summed E-state index contributed by atoms with van der Waals surface area (Å²) in [6, 6.07) is 55.1. The van der Waals surface area contributed by atoms with Crippen molar-refractivity contribution in [3.8, 4) is 0 Å². The fourth-order valence-corrected chi connectivity index (χ4v) is 14.2. The van der Waals surface area contributed by atoms with E-state index in [0.29, 0.717) is 17.8 Å². The van der Waals surface area contributed by atoms with Crippen molar-refractivity contribution in [3.63, 3.8) is 0 Å². The summed E-state index contributed by atoms with van der Waals surface area (Å²) in [5, 5.41) is 9.93. The Morgan fingerprint density at radius 1 is 0.344 bits per heavy atom. The molecule has 3 nitrogen and oxygen atoms in total. The van der Waals surface area contributed by atoms with Gasteiger partial charge in [0.25, 0.3) is 0 Å². The molecule has 6 bridgehead atoms. The molecule has 0 unspecified atom stereocenters. The average Bonchev–Trinajstić information content (AvgIpc) is 3.35. The fourth-order valence-electron chi connectivity index (χ4n) is 14.2. The van der Waals surface area contributed by atoms with E-state index < -0.39 is 0 Å². The molecule has 3 N–H and O–H groups in total. The lowest BCUT2D eigenvalue weighted by atomic mass is 9.54. The molecule has 0 saturated heterocycles. The zero-order chi connectivity index (χ0) is 42.9. The van der Waals surface area contributed by atoms with Gasteiger partial charge in [0.2, 0.25) is 0 Å². The van der Waals surface area contributed by atoms with Crippen LogP contribution in [0.1, 0.15) is 162 Å². The maximum Gasteiger partial charge on any atom is 0.0209 e. The smallest absolute Gasteiger partial charge is 0.0209 e. The number of benzene rings is 6. The Kier molecular flexibility index (Phi) is 13.4. The second kappa shape index (κ2) is 19.1. The largest absolute Gasteiger partial charge is 0.320 e. The van der Waals surface area contributed by atoms with Gasteiger partial charge in [-0.25, -0.2) is 0 Å². The van der Waals surface area contributed by atoms with E-state index in [1.165, 1.54) is 77.0 Å². The summed E-state index contributed by atoms with van der Waals surface area (Å²) in [6.07, 6.45) is 15.4. The van der Waals surface area contributed by atoms with Crippen LogP contribution in [0.2, 0.25) is 0 Å². The lowest BCUT2D eigenvalue weighted by Gasteiger charge is -2.50. The van der Waals surface area contributed by atoms with Crippen molar-refractivity contribution in [3.05, 3.63) is 212 Å². The molecule has 332 valence electrons. The first kappa shape index (κ1) is 44.7. The molecule has 0 amide bonds. The van der Waals surface area contributed by atoms with E-state index in [1.807, 2.05) is 0 Å². The Morgan fingerprint density at radius 2 is 0.547 bits per heavy atom. The summed E-state index contributed by atoms with van der Waals surface area (Å²) in [4.78, 5) is 0. The third-order valence-corrected chi connectivity index (χ3v) is 16.8. The molecule has 4 heteroatoms. The van der Waals surface area contributed by atoms with Crippen molar-refractivity contribution in [2.24, 2.45) is 0 Å². The number of fused-ring (bicyclic) bond motifs is 3. The van der Waals surface area contributed by atoms with Gasteiger partial charge in [-0.15, -0.1) is 12.4 Å². The highest BCUT2D eigenvalue weighted by Gasteiger charge is 2.49. The van der Waals surface area contributed by atoms with Gasteiger partial charge in [-0.2, -0.15) is 0 Å². The highest BCUT2D eigenvalue weighted by atomic mass is 35.5. The zero-order valence-corrected chi connectivity index (χ0v) is 39.4. The normalized spacial score (nSPS) is 25.1. The van der Waals surface area contributed by atoms with E-state index in [-0.39, 0.29) is 28.7 Å². The van der Waals surface area contributed by atoms with Gasteiger partial charge in [0, 0.05) is 34.0 Å². The maximum absolute atomic E-state index is 3.31. The van der Waals surface area contributed by atoms with E-state index in [1.54, 1.807) is 66.8 Å². The van der Waals surface area contributed by atoms with Gasteiger partial charge in [0.05, 0.1) is 0 Å². The van der Waals surface area contributed by atoms with Crippen LogP contribution in [-0.4, -0.2) is 40.8 Å². The van der Waals surface area contributed by atoms with Crippen LogP contribution in [0.4, 0.5) is 0 Å². The van der Waals surface area contributed by atoms with Gasteiger partial charge in [-0.05, 0) is 185 Å². The van der Waals surface area contributed by atoms with E-state index in [9.17, 15) is 0 Å². The molecule has 0 radical (unpaired) electrons. The first-order valence-electron chi connectivity index (χ1n) is 24.6. The molecular formula is C60H70ClN3. The predicted molar refractivity (Wildman–Crippen MR) is 271 cm³/mol. The average molecular weight is 869 g/mol. The van der Waals surface area contributed by atoms with Gasteiger partial charge in [0.1, 0.15) is 0 Å². The van der Waals surface area contributed by atoms with Gasteiger partial charge < -0.3 is 16.0 Å². The summed E-state index contributed by atoms with van der Waals surface area (Å²) >= 11 is 0. The molecule has 0 saturated carbocycles. The summed E-state index contributed by atoms with van der Waals surface area (Å²) in [5.74, 6) is 1.88. The van der Waals surface area contributed by atoms with Crippen LogP contribution in [0.25, 0.3) is 0 Å². The summed E-state index contributed by atoms with van der Waals surface area (Å²) in [7, 11) is 6.16. The van der Waals surface area contributed by atoms with Crippen LogP contribution in [0.15, 0.2) is 146 Å². The van der Waals surface area contributed by atoms with E-state index in [4.69, 9.17) is 0 Å². The van der Waals surface area contributed by atoms with Crippen LogP contribution in [0.3, 0.4) is 0 Å². The first-order chi connectivity index (χ1) is 31.1. The monoisotopic (exact) mass is 868 g/mol. The van der Waals surface area contributed by atoms with Crippen LogP contribution < -0.4 is 16.0 Å². The lowest BCUT2D eigenvalue weighted by molar-refractivity contribution is 0.341. The Morgan fingerprint density at radius 3 is 0.750 bits per heavy atom. The fraction of sp³-hybridized carbons (Fsp3) is 0.400. The van der Waals surface area contributed by atoms with Crippen molar-refractivity contribution in [2.45, 2.75) is 111 Å². The van der Waals surface area contributed by atoms with Gasteiger partial charge in [-0.1, -0.05) is 146 Å². The summed E-state index contributed by atoms with van der Waals surface area (Å²) < 4.78 is 0. The Labute approximate surface area is 390 Å². The molecule has 64 heavy (non-hydrogen) atoms. The molecule has 6 aromatic carbocycles. The topological polar surface area (TPSA) is 36.1 Å². The van der Waals surface area contributed by atoms with Gasteiger partial charge in [0.15, 0.2) is 0 Å². The molecule has 9 aliphatic carbocycles. The SMILES string of the molecule is CNCCCC12CCC(c3ccccc31)c1ccccc12.CNCCCC12CCC(c3ccccc31)c1ccccc12.CNCCCC12CCC(c3ccccc31)c1ccccc12.Cl. The zero-order valence-electron chi connectivity index (χ0n) is 38.6. The van der Waals surface area contributed by atoms with Gasteiger partial charge >= 0.3 is 0 Å². The number of hydrogen-bond donors (Lipinski definition) is 3. The molecule has 0 aliphatic heterocycles. The predicted octanol–water partition coefficient (Wildman–Crippen LogP) is 13.1. The maximum atomic E-state index is 3.31. The molecule has 15 rings (SSSR count). The Hall–Kier alpha value is -4.51. The van der Waals surface area contributed by atoms with E-state index >= 15 is 0 Å². The lowest BCUT2D eigenvalue weighted by Crippen LogP contribution is -2.40. The van der Waals surface area contributed by atoms with Crippen LogP contribution in [0.5, 0.6) is 0 Å². The summed E-state index contributed by atoms with van der Waals surface area (Å²) in [6.45, 7) is 3.32. The molecular weight excluding hydrogens is 798 g/mol. The molecule has 0 fully saturated rings. The van der Waals surface area contributed by atoms with Crippen LogP contribution in [-0.2, 0) is 16.2 Å². The second-order valence-electron chi connectivity index (χ2n) is 19.7. The van der Waals surface area contributed by atoms with Crippen molar-refractivity contribution >= 4 is 12.4 Å². The minimum absolute atomic E-state index is 0. The minimum Gasteiger partial charge on any atom is -0.320 e. The number of halogens is 1. The number of rotatable bonds is 12. The quantitative estimate of drug-likeness (QED) is 0.107. The molecule has 0 atom stereocenters. The second-order valence-corrected chi connectivity index (χ2v) is 19.7. The molecule has 9 aliphatic rings. The highest BCUT2D eigenvalue weighted by Crippen LogP contribution is 2.60. The van der Waals surface area contributed by atoms with Crippen molar-refractivity contribution in [2.75, 3.05) is 40.8 Å². The van der Waals surface area contributed by atoms with Crippen LogP contribution in [0, 0.1) is 0 Å². The number of hydrogen-bond acceptors (Lipinski definition) is 3. The molecule has 0 aromatic heterocycles.